The fourth-order valence-corrected chi connectivity index (χ4v) is 2.07. The van der Waals surface area contributed by atoms with Gasteiger partial charge < -0.3 is 15.2 Å². The molecule has 5 nitrogen and oxygen atoms in total. The Hall–Kier alpha value is -2.53. The molecule has 2 N–H and O–H groups in total. The van der Waals surface area contributed by atoms with Crippen molar-refractivity contribution in [2.75, 3.05) is 12.4 Å². The lowest BCUT2D eigenvalue weighted by molar-refractivity contribution is 0.0692. The number of amides is 1. The van der Waals surface area contributed by atoms with Crippen LogP contribution in [0.4, 0.5) is 5.69 Å². The fourth-order valence-electron chi connectivity index (χ4n) is 1.81. The maximum absolute atomic E-state index is 12.2. The second-order valence-corrected chi connectivity index (χ2v) is 4.56. The summed E-state index contributed by atoms with van der Waals surface area (Å²) in [5.74, 6) is -1.19. The predicted octanol–water partition coefficient (Wildman–Crippen LogP) is 3.30. The first kappa shape index (κ1) is 14.9. The molecule has 0 aliphatic heterocycles. The molecular formula is C15H12ClNO4. The number of hydrogen-bond acceptors (Lipinski definition) is 3. The Balaban J connectivity index is 2.26. The van der Waals surface area contributed by atoms with Crippen LogP contribution in [0, 0.1) is 0 Å². The second-order valence-electron chi connectivity index (χ2n) is 4.15. The quantitative estimate of drug-likeness (QED) is 0.908. The molecule has 0 saturated heterocycles. The van der Waals surface area contributed by atoms with Gasteiger partial charge in [-0.3, -0.25) is 4.79 Å². The summed E-state index contributed by atoms with van der Waals surface area (Å²) >= 11 is 5.97. The Bertz CT molecular complexity index is 700. The van der Waals surface area contributed by atoms with Gasteiger partial charge in [0.05, 0.1) is 23.3 Å². The van der Waals surface area contributed by atoms with Gasteiger partial charge in [0.25, 0.3) is 5.91 Å². The minimum Gasteiger partial charge on any atom is -0.495 e. The Labute approximate surface area is 126 Å². The molecule has 0 radical (unpaired) electrons. The van der Waals surface area contributed by atoms with Gasteiger partial charge in [-0.15, -0.1) is 0 Å². The molecule has 0 aliphatic rings. The van der Waals surface area contributed by atoms with Crippen molar-refractivity contribution in [3.8, 4) is 5.75 Å². The summed E-state index contributed by atoms with van der Waals surface area (Å²) < 4.78 is 5.02. The minimum atomic E-state index is -1.16. The van der Waals surface area contributed by atoms with Crippen molar-refractivity contribution < 1.29 is 19.4 Å². The molecule has 1 amide bonds. The average molecular weight is 306 g/mol. The first-order valence-electron chi connectivity index (χ1n) is 6.00. The standard InChI is InChI=1S/C15H12ClNO4/c1-21-13-7-6-9(8-12(13)16)17-14(18)10-4-2-3-5-11(10)15(19)20/h2-8H,1H3,(H,17,18)(H,19,20). The fraction of sp³-hybridized carbons (Fsp3) is 0.0667. The molecule has 0 atom stereocenters. The summed E-state index contributed by atoms with van der Waals surface area (Å²) in [7, 11) is 1.49. The number of nitrogens with one attached hydrogen (secondary N) is 1. The van der Waals surface area contributed by atoms with Crippen molar-refractivity contribution in [2.24, 2.45) is 0 Å². The molecule has 0 heterocycles. The highest BCUT2D eigenvalue weighted by molar-refractivity contribution is 6.32. The molecule has 0 aliphatic carbocycles. The number of carbonyl (C=O) groups excluding carboxylic acids is 1. The van der Waals surface area contributed by atoms with E-state index in [-0.39, 0.29) is 11.1 Å². The predicted molar refractivity (Wildman–Crippen MR) is 79.4 cm³/mol. The van der Waals surface area contributed by atoms with Gasteiger partial charge in [0.1, 0.15) is 5.75 Å². The van der Waals surface area contributed by atoms with E-state index in [1.54, 1.807) is 24.3 Å². The first-order valence-corrected chi connectivity index (χ1v) is 6.38. The van der Waals surface area contributed by atoms with Gasteiger partial charge in [-0.1, -0.05) is 23.7 Å². The summed E-state index contributed by atoms with van der Waals surface area (Å²) in [5, 5.41) is 12.0. The zero-order valence-corrected chi connectivity index (χ0v) is 11.8. The topological polar surface area (TPSA) is 75.6 Å². The van der Waals surface area contributed by atoms with Crippen LogP contribution in [0.2, 0.25) is 5.02 Å². The Morgan fingerprint density at radius 1 is 1.14 bits per heavy atom. The summed E-state index contributed by atoms with van der Waals surface area (Å²) in [6.45, 7) is 0. The van der Waals surface area contributed by atoms with Crippen LogP contribution in [0.15, 0.2) is 42.5 Å². The van der Waals surface area contributed by atoms with E-state index < -0.39 is 11.9 Å². The maximum Gasteiger partial charge on any atom is 0.336 e. The number of methoxy groups -OCH3 is 1. The third-order valence-electron chi connectivity index (χ3n) is 2.81. The molecule has 0 bridgehead atoms. The smallest absolute Gasteiger partial charge is 0.336 e. The number of anilines is 1. The lowest BCUT2D eigenvalue weighted by Gasteiger charge is -2.09. The molecule has 2 aromatic rings. The van der Waals surface area contributed by atoms with Gasteiger partial charge in [0, 0.05) is 5.69 Å². The minimum absolute atomic E-state index is 0.0605. The van der Waals surface area contributed by atoms with Crippen molar-refractivity contribution in [3.63, 3.8) is 0 Å². The van der Waals surface area contributed by atoms with Crippen LogP contribution in [-0.2, 0) is 0 Å². The van der Waals surface area contributed by atoms with Gasteiger partial charge in [0.15, 0.2) is 0 Å². The Morgan fingerprint density at radius 3 is 2.38 bits per heavy atom. The normalized spacial score (nSPS) is 10.0. The van der Waals surface area contributed by atoms with Gasteiger partial charge in [-0.05, 0) is 30.3 Å². The molecule has 6 heteroatoms. The number of aromatic carboxylic acids is 1. The highest BCUT2D eigenvalue weighted by Gasteiger charge is 2.16. The van der Waals surface area contributed by atoms with E-state index in [0.29, 0.717) is 16.5 Å². The highest BCUT2D eigenvalue weighted by atomic mass is 35.5. The summed E-state index contributed by atoms with van der Waals surface area (Å²) in [5.41, 5.74) is 0.470. The summed E-state index contributed by atoms with van der Waals surface area (Å²) in [6, 6.07) is 10.7. The largest absolute Gasteiger partial charge is 0.495 e. The first-order chi connectivity index (χ1) is 10.0. The van der Waals surface area contributed by atoms with E-state index >= 15 is 0 Å². The van der Waals surface area contributed by atoms with Crippen LogP contribution < -0.4 is 10.1 Å². The Kier molecular flexibility index (Phi) is 4.45. The molecule has 2 rings (SSSR count). The van der Waals surface area contributed by atoms with Crippen molar-refractivity contribution in [3.05, 3.63) is 58.6 Å². The highest BCUT2D eigenvalue weighted by Crippen LogP contribution is 2.27. The van der Waals surface area contributed by atoms with Crippen molar-refractivity contribution in [1.82, 2.24) is 0 Å². The van der Waals surface area contributed by atoms with Crippen LogP contribution in [0.25, 0.3) is 0 Å². The summed E-state index contributed by atoms with van der Waals surface area (Å²) in [6.07, 6.45) is 0. The second kappa shape index (κ2) is 6.28. The van der Waals surface area contributed by atoms with E-state index in [1.807, 2.05) is 0 Å². The molecule has 108 valence electrons. The molecule has 21 heavy (non-hydrogen) atoms. The number of ether oxygens (including phenoxy) is 1. The zero-order chi connectivity index (χ0) is 15.4. The van der Waals surface area contributed by atoms with E-state index in [4.69, 9.17) is 21.4 Å². The number of carbonyl (C=O) groups is 2. The van der Waals surface area contributed by atoms with Crippen molar-refractivity contribution >= 4 is 29.2 Å². The summed E-state index contributed by atoms with van der Waals surface area (Å²) in [4.78, 5) is 23.3. The zero-order valence-electron chi connectivity index (χ0n) is 11.1. The average Bonchev–Trinajstić information content (AvgIpc) is 2.47. The van der Waals surface area contributed by atoms with Crippen LogP contribution in [0.5, 0.6) is 5.75 Å². The van der Waals surface area contributed by atoms with Gasteiger partial charge in [-0.2, -0.15) is 0 Å². The van der Waals surface area contributed by atoms with Gasteiger partial charge in [0.2, 0.25) is 0 Å². The van der Waals surface area contributed by atoms with Crippen LogP contribution in [-0.4, -0.2) is 24.1 Å². The van der Waals surface area contributed by atoms with Crippen molar-refractivity contribution in [1.29, 1.82) is 0 Å². The monoisotopic (exact) mass is 305 g/mol. The number of carboxylic acid groups (broad SMARTS) is 1. The lowest BCUT2D eigenvalue weighted by Crippen LogP contribution is -2.16. The third-order valence-corrected chi connectivity index (χ3v) is 3.11. The van der Waals surface area contributed by atoms with Crippen LogP contribution in [0.1, 0.15) is 20.7 Å². The Morgan fingerprint density at radius 2 is 1.81 bits per heavy atom. The lowest BCUT2D eigenvalue weighted by atomic mass is 10.1. The maximum atomic E-state index is 12.2. The van der Waals surface area contributed by atoms with E-state index in [9.17, 15) is 9.59 Å². The number of carboxylic acids is 1. The molecule has 0 unspecified atom stereocenters. The van der Waals surface area contributed by atoms with Gasteiger partial charge >= 0.3 is 5.97 Å². The van der Waals surface area contributed by atoms with Gasteiger partial charge in [-0.25, -0.2) is 4.79 Å². The number of rotatable bonds is 4. The molecular weight excluding hydrogens is 294 g/mol. The number of benzene rings is 2. The SMILES string of the molecule is COc1ccc(NC(=O)c2ccccc2C(=O)O)cc1Cl. The number of hydrogen-bond donors (Lipinski definition) is 2. The number of halogens is 1. The molecule has 0 aromatic heterocycles. The van der Waals surface area contributed by atoms with E-state index in [1.165, 1.54) is 25.3 Å². The molecule has 0 spiro atoms. The van der Waals surface area contributed by atoms with E-state index in [0.717, 1.165) is 0 Å². The molecule has 0 fully saturated rings. The molecule has 0 saturated carbocycles. The molecule has 2 aromatic carbocycles. The van der Waals surface area contributed by atoms with E-state index in [2.05, 4.69) is 5.32 Å². The van der Waals surface area contributed by atoms with Crippen LogP contribution in [0.3, 0.4) is 0 Å². The van der Waals surface area contributed by atoms with Crippen molar-refractivity contribution in [2.45, 2.75) is 0 Å². The third kappa shape index (κ3) is 3.32. The van der Waals surface area contributed by atoms with Crippen LogP contribution >= 0.6 is 11.6 Å².